The Morgan fingerprint density at radius 2 is 2.10 bits per heavy atom. The van der Waals surface area contributed by atoms with Crippen molar-refractivity contribution in [2.45, 2.75) is 17.9 Å². The van der Waals surface area contributed by atoms with Crippen LogP contribution in [0.25, 0.3) is 0 Å². The summed E-state index contributed by atoms with van der Waals surface area (Å²) in [7, 11) is -3.48. The van der Waals surface area contributed by atoms with E-state index in [0.717, 1.165) is 0 Å². The first-order valence-corrected chi connectivity index (χ1v) is 7.93. The summed E-state index contributed by atoms with van der Waals surface area (Å²) in [5.74, 6) is 0.536. The topological polar surface area (TPSA) is 76.1 Å². The molecule has 6 nitrogen and oxygen atoms in total. The number of nitrogens with zero attached hydrogens (tertiary/aromatic N) is 1. The minimum absolute atomic E-state index is 0.0777. The van der Waals surface area contributed by atoms with E-state index < -0.39 is 10.0 Å². The molecule has 1 aliphatic heterocycles. The van der Waals surface area contributed by atoms with Crippen LogP contribution in [0.2, 0.25) is 0 Å². The molecule has 0 amide bonds. The number of ether oxygens (including phenoxy) is 2. The Kier molecular flexibility index (Phi) is 4.98. The van der Waals surface area contributed by atoms with Gasteiger partial charge in [0.05, 0.1) is 24.2 Å². The number of aliphatic hydroxyl groups is 1. The number of benzene rings is 1. The van der Waals surface area contributed by atoms with Gasteiger partial charge in [0.15, 0.2) is 0 Å². The summed E-state index contributed by atoms with van der Waals surface area (Å²) >= 11 is 0. The zero-order valence-electron chi connectivity index (χ0n) is 11.4. The third-order valence-corrected chi connectivity index (χ3v) is 4.90. The maximum absolute atomic E-state index is 12.4. The molecule has 112 valence electrons. The third-order valence-electron chi connectivity index (χ3n) is 3.03. The van der Waals surface area contributed by atoms with E-state index in [1.54, 1.807) is 12.1 Å². The average molecular weight is 301 g/mol. The summed E-state index contributed by atoms with van der Waals surface area (Å²) in [6.45, 7) is 3.12. The van der Waals surface area contributed by atoms with Crippen molar-refractivity contribution in [3.8, 4) is 5.75 Å². The van der Waals surface area contributed by atoms with Crippen molar-refractivity contribution in [3.63, 3.8) is 0 Å². The fourth-order valence-corrected chi connectivity index (χ4v) is 3.52. The zero-order valence-corrected chi connectivity index (χ0v) is 12.2. The predicted octanol–water partition coefficient (Wildman–Crippen LogP) is 0.467. The Hall–Kier alpha value is -1.15. The quantitative estimate of drug-likeness (QED) is 0.855. The summed E-state index contributed by atoms with van der Waals surface area (Å²) in [4.78, 5) is 0.239. The molecule has 0 aromatic heterocycles. The Labute approximate surface area is 119 Å². The molecule has 0 saturated carbocycles. The molecule has 0 spiro atoms. The van der Waals surface area contributed by atoms with Crippen LogP contribution in [0.5, 0.6) is 5.75 Å². The van der Waals surface area contributed by atoms with Gasteiger partial charge in [0.25, 0.3) is 0 Å². The molecule has 7 heteroatoms. The maximum atomic E-state index is 12.4. The summed E-state index contributed by atoms with van der Waals surface area (Å²) in [6.07, 6.45) is -0.0920. The Balaban J connectivity index is 2.12. The number of morpholine rings is 1. The first-order chi connectivity index (χ1) is 9.54. The second kappa shape index (κ2) is 6.53. The van der Waals surface area contributed by atoms with Crippen molar-refractivity contribution in [1.82, 2.24) is 4.31 Å². The molecule has 1 N–H and O–H groups in total. The van der Waals surface area contributed by atoms with Crippen LogP contribution in [-0.4, -0.2) is 56.8 Å². The average Bonchev–Trinajstić information content (AvgIpc) is 2.45. The second-order valence-electron chi connectivity index (χ2n) is 4.59. The summed E-state index contributed by atoms with van der Waals surface area (Å²) < 4.78 is 36.9. The normalized spacial score (nSPS) is 20.8. The Bertz CT molecular complexity index is 528. The van der Waals surface area contributed by atoms with Gasteiger partial charge in [-0.2, -0.15) is 4.31 Å². The van der Waals surface area contributed by atoms with Gasteiger partial charge in [-0.25, -0.2) is 8.42 Å². The summed E-state index contributed by atoms with van der Waals surface area (Å²) in [5.41, 5.74) is 0. The first-order valence-electron chi connectivity index (χ1n) is 6.49. The van der Waals surface area contributed by atoms with Crippen LogP contribution in [0.3, 0.4) is 0 Å². The van der Waals surface area contributed by atoms with Crippen LogP contribution in [0, 0.1) is 0 Å². The molecular weight excluding hydrogens is 282 g/mol. The lowest BCUT2D eigenvalue weighted by Crippen LogP contribution is -2.44. The highest BCUT2D eigenvalue weighted by molar-refractivity contribution is 7.89. The van der Waals surface area contributed by atoms with E-state index >= 15 is 0 Å². The van der Waals surface area contributed by atoms with Gasteiger partial charge < -0.3 is 14.6 Å². The van der Waals surface area contributed by atoms with Crippen molar-refractivity contribution in [2.75, 3.05) is 32.9 Å². The van der Waals surface area contributed by atoms with E-state index in [1.165, 1.54) is 16.4 Å². The van der Waals surface area contributed by atoms with Gasteiger partial charge in [0, 0.05) is 13.1 Å². The Morgan fingerprint density at radius 3 is 2.70 bits per heavy atom. The highest BCUT2D eigenvalue weighted by Gasteiger charge is 2.28. The van der Waals surface area contributed by atoms with Gasteiger partial charge in [-0.1, -0.05) is 0 Å². The summed E-state index contributed by atoms with van der Waals surface area (Å²) in [5, 5.41) is 8.67. The fourth-order valence-electron chi connectivity index (χ4n) is 2.03. The molecule has 1 aromatic carbocycles. The van der Waals surface area contributed by atoms with E-state index in [1.807, 2.05) is 6.92 Å². The summed E-state index contributed by atoms with van der Waals surface area (Å²) in [6, 6.07) is 6.21. The Morgan fingerprint density at radius 1 is 1.40 bits per heavy atom. The van der Waals surface area contributed by atoms with Gasteiger partial charge in [-0.15, -0.1) is 0 Å². The van der Waals surface area contributed by atoms with Gasteiger partial charge in [0.2, 0.25) is 10.0 Å². The van der Waals surface area contributed by atoms with Crippen LogP contribution in [0.15, 0.2) is 29.2 Å². The molecule has 0 aliphatic carbocycles. The lowest BCUT2D eigenvalue weighted by molar-refractivity contribution is 0.0102. The van der Waals surface area contributed by atoms with Crippen molar-refractivity contribution < 1.29 is 23.0 Å². The third kappa shape index (κ3) is 3.49. The van der Waals surface area contributed by atoms with Crippen molar-refractivity contribution in [3.05, 3.63) is 24.3 Å². The standard InChI is InChI=1S/C13H19NO5S/c1-11-10-14(6-8-18-11)20(16,17)13-4-2-12(3-5-13)19-9-7-15/h2-5,11,15H,6-10H2,1H3. The van der Waals surface area contributed by atoms with Crippen LogP contribution in [0.1, 0.15) is 6.92 Å². The lowest BCUT2D eigenvalue weighted by atomic mass is 10.3. The number of hydrogen-bond donors (Lipinski definition) is 1. The second-order valence-corrected chi connectivity index (χ2v) is 6.53. The SMILES string of the molecule is CC1CN(S(=O)(=O)c2ccc(OCCO)cc2)CCO1. The largest absolute Gasteiger partial charge is 0.491 e. The van der Waals surface area contributed by atoms with E-state index in [4.69, 9.17) is 14.6 Å². The highest BCUT2D eigenvalue weighted by Crippen LogP contribution is 2.21. The van der Waals surface area contributed by atoms with Gasteiger partial charge >= 0.3 is 0 Å². The molecule has 2 rings (SSSR count). The molecular formula is C13H19NO5S. The highest BCUT2D eigenvalue weighted by atomic mass is 32.2. The molecule has 1 atom stereocenters. The van der Waals surface area contributed by atoms with Gasteiger partial charge in [0.1, 0.15) is 12.4 Å². The molecule has 0 radical (unpaired) electrons. The fraction of sp³-hybridized carbons (Fsp3) is 0.538. The van der Waals surface area contributed by atoms with E-state index in [-0.39, 0.29) is 24.2 Å². The number of hydrogen-bond acceptors (Lipinski definition) is 5. The van der Waals surface area contributed by atoms with Gasteiger partial charge in [-0.3, -0.25) is 0 Å². The number of aliphatic hydroxyl groups excluding tert-OH is 1. The van der Waals surface area contributed by atoms with E-state index in [2.05, 4.69) is 0 Å². The van der Waals surface area contributed by atoms with Crippen LogP contribution >= 0.6 is 0 Å². The number of rotatable bonds is 5. The van der Waals surface area contributed by atoms with Crippen molar-refractivity contribution >= 4 is 10.0 Å². The van der Waals surface area contributed by atoms with Crippen LogP contribution in [-0.2, 0) is 14.8 Å². The molecule has 1 aliphatic rings. The van der Waals surface area contributed by atoms with Crippen molar-refractivity contribution in [2.24, 2.45) is 0 Å². The lowest BCUT2D eigenvalue weighted by Gasteiger charge is -2.30. The van der Waals surface area contributed by atoms with Gasteiger partial charge in [-0.05, 0) is 31.2 Å². The molecule has 1 unspecified atom stereocenters. The van der Waals surface area contributed by atoms with Crippen molar-refractivity contribution in [1.29, 1.82) is 0 Å². The number of sulfonamides is 1. The minimum Gasteiger partial charge on any atom is -0.491 e. The smallest absolute Gasteiger partial charge is 0.243 e. The molecule has 0 bridgehead atoms. The molecule has 1 saturated heterocycles. The monoisotopic (exact) mass is 301 g/mol. The molecule has 20 heavy (non-hydrogen) atoms. The predicted molar refractivity (Wildman–Crippen MR) is 73.2 cm³/mol. The first kappa shape index (κ1) is 15.2. The zero-order chi connectivity index (χ0) is 14.6. The van der Waals surface area contributed by atoms with E-state index in [9.17, 15) is 8.42 Å². The van der Waals surface area contributed by atoms with Crippen LogP contribution in [0.4, 0.5) is 0 Å². The molecule has 1 fully saturated rings. The minimum atomic E-state index is -3.48. The molecule has 1 heterocycles. The molecule has 1 aromatic rings. The maximum Gasteiger partial charge on any atom is 0.243 e. The van der Waals surface area contributed by atoms with E-state index in [0.29, 0.717) is 25.4 Å². The van der Waals surface area contributed by atoms with Crippen LogP contribution < -0.4 is 4.74 Å².